The summed E-state index contributed by atoms with van der Waals surface area (Å²) in [4.78, 5) is 12.9. The maximum Gasteiger partial charge on any atom is 0.398 e. The minimum Gasteiger partial charge on any atom is -0.296 e. The molecule has 0 heterocycles. The minimum atomic E-state index is -4.71. The summed E-state index contributed by atoms with van der Waals surface area (Å²) in [5.74, 6) is 0.153. The third-order valence-corrected chi connectivity index (χ3v) is 9.26. The molecule has 0 radical (unpaired) electrons. The molecule has 30 heavy (non-hydrogen) atoms. The van der Waals surface area contributed by atoms with Gasteiger partial charge in [-0.2, -0.15) is 16.8 Å². The molecule has 4 aliphatic rings. The summed E-state index contributed by atoms with van der Waals surface area (Å²) in [7, 11) is -9.21. The molecule has 0 bridgehead atoms. The van der Waals surface area contributed by atoms with Gasteiger partial charge in [0.15, 0.2) is 5.78 Å². The van der Waals surface area contributed by atoms with Gasteiger partial charge >= 0.3 is 20.8 Å². The van der Waals surface area contributed by atoms with Crippen molar-refractivity contribution in [1.82, 2.24) is 0 Å². The second kappa shape index (κ2) is 7.08. The summed E-state index contributed by atoms with van der Waals surface area (Å²) in [5.41, 5.74) is 0.292. The van der Waals surface area contributed by atoms with Gasteiger partial charge in [0.25, 0.3) is 0 Å². The highest BCUT2D eigenvalue weighted by molar-refractivity contribution is 7.81. The highest BCUT2D eigenvalue weighted by atomic mass is 32.3. The van der Waals surface area contributed by atoms with Crippen LogP contribution in [0.3, 0.4) is 0 Å². The molecule has 0 aromatic heterocycles. The van der Waals surface area contributed by atoms with E-state index in [1.807, 2.05) is 6.92 Å². The molecule has 4 aliphatic carbocycles. The minimum absolute atomic E-state index is 0.0445. The van der Waals surface area contributed by atoms with E-state index < -0.39 is 38.4 Å². The van der Waals surface area contributed by atoms with Crippen molar-refractivity contribution >= 4 is 26.6 Å². The zero-order valence-corrected chi connectivity index (χ0v) is 18.6. The molecule has 0 aromatic carbocycles. The number of carbonyl (C=O) groups excluding carboxylic acids is 1. The van der Waals surface area contributed by atoms with Gasteiger partial charge in [0.1, 0.15) is 6.10 Å². The Labute approximate surface area is 177 Å². The van der Waals surface area contributed by atoms with Gasteiger partial charge in [-0.1, -0.05) is 25.5 Å². The molecular weight excluding hydrogens is 436 g/mol. The maximum atomic E-state index is 12.9. The average molecular weight is 465 g/mol. The SMILES string of the molecule is C[C@]12CC[C@H](OS(=O)(=O)O)CC1=CC[C@@H]1[C@@H]2CC[C@]2(C)C(=O)[C@H](OS(=O)(=O)O)C[C@@H]12. The van der Waals surface area contributed by atoms with Crippen LogP contribution in [-0.2, 0) is 34.0 Å². The quantitative estimate of drug-likeness (QED) is 0.473. The molecular formula is C19H28O9S2. The Bertz CT molecular complexity index is 985. The molecule has 0 aromatic rings. The lowest BCUT2D eigenvalue weighted by molar-refractivity contribution is -0.136. The monoisotopic (exact) mass is 464 g/mol. The van der Waals surface area contributed by atoms with Crippen LogP contribution in [0.1, 0.15) is 58.8 Å². The van der Waals surface area contributed by atoms with E-state index in [0.717, 1.165) is 12.0 Å². The molecule has 3 saturated carbocycles. The molecule has 2 N–H and O–H groups in total. The number of allylic oxidation sites excluding steroid dienone is 1. The van der Waals surface area contributed by atoms with Gasteiger partial charge in [0.05, 0.1) is 6.10 Å². The Morgan fingerprint density at radius 2 is 1.60 bits per heavy atom. The number of carbonyl (C=O) groups is 1. The van der Waals surface area contributed by atoms with Crippen molar-refractivity contribution < 1.29 is 39.1 Å². The fraction of sp³-hybridized carbons (Fsp3) is 0.842. The molecule has 9 nitrogen and oxygen atoms in total. The first-order chi connectivity index (χ1) is 13.7. The zero-order valence-electron chi connectivity index (χ0n) is 17.0. The van der Waals surface area contributed by atoms with Gasteiger partial charge in [-0.15, -0.1) is 0 Å². The van der Waals surface area contributed by atoms with Gasteiger partial charge in [-0.05, 0) is 68.1 Å². The number of ketones is 1. The van der Waals surface area contributed by atoms with Crippen molar-refractivity contribution in [2.45, 2.75) is 71.0 Å². The molecule has 170 valence electrons. The van der Waals surface area contributed by atoms with Crippen LogP contribution in [0.15, 0.2) is 11.6 Å². The topological polar surface area (TPSA) is 144 Å². The van der Waals surface area contributed by atoms with Gasteiger partial charge < -0.3 is 0 Å². The summed E-state index contributed by atoms with van der Waals surface area (Å²) in [5, 5.41) is 0. The van der Waals surface area contributed by atoms with Crippen LogP contribution in [0, 0.1) is 28.6 Å². The second-order valence-electron chi connectivity index (χ2n) is 9.72. The summed E-state index contributed by atoms with van der Waals surface area (Å²) in [6.45, 7) is 4.05. The highest BCUT2D eigenvalue weighted by Crippen LogP contribution is 2.64. The summed E-state index contributed by atoms with van der Waals surface area (Å²) < 4.78 is 72.2. The summed E-state index contributed by atoms with van der Waals surface area (Å²) in [6, 6.07) is 0. The van der Waals surface area contributed by atoms with E-state index in [1.54, 1.807) is 0 Å². The van der Waals surface area contributed by atoms with Crippen LogP contribution in [0.5, 0.6) is 0 Å². The van der Waals surface area contributed by atoms with E-state index in [0.29, 0.717) is 32.1 Å². The van der Waals surface area contributed by atoms with Crippen molar-refractivity contribution in [1.29, 1.82) is 0 Å². The largest absolute Gasteiger partial charge is 0.398 e. The number of hydrogen-bond acceptors (Lipinski definition) is 7. The predicted octanol–water partition coefficient (Wildman–Crippen LogP) is 2.50. The molecule has 0 aliphatic heterocycles. The van der Waals surface area contributed by atoms with E-state index in [2.05, 4.69) is 13.0 Å². The van der Waals surface area contributed by atoms with E-state index in [-0.39, 0.29) is 35.4 Å². The Kier molecular flexibility index (Phi) is 5.27. The number of rotatable bonds is 4. The van der Waals surface area contributed by atoms with E-state index in [4.69, 9.17) is 17.5 Å². The smallest absolute Gasteiger partial charge is 0.296 e. The van der Waals surface area contributed by atoms with Crippen molar-refractivity contribution in [3.63, 3.8) is 0 Å². The van der Waals surface area contributed by atoms with Crippen molar-refractivity contribution in [2.75, 3.05) is 0 Å². The zero-order chi connectivity index (χ0) is 22.1. The van der Waals surface area contributed by atoms with Crippen LogP contribution in [0.4, 0.5) is 0 Å². The first kappa shape index (κ1) is 22.3. The fourth-order valence-electron chi connectivity index (χ4n) is 6.88. The van der Waals surface area contributed by atoms with Gasteiger partial charge in [-0.25, -0.2) is 8.37 Å². The Hall–Kier alpha value is -0.850. The van der Waals surface area contributed by atoms with Crippen LogP contribution < -0.4 is 0 Å². The first-order valence-corrected chi connectivity index (χ1v) is 13.0. The van der Waals surface area contributed by atoms with Crippen LogP contribution in [0.2, 0.25) is 0 Å². The molecule has 4 rings (SSSR count). The maximum absolute atomic E-state index is 12.9. The molecule has 11 heteroatoms. The van der Waals surface area contributed by atoms with Crippen LogP contribution in [0.25, 0.3) is 0 Å². The normalized spacial score (nSPS) is 44.1. The number of hydrogen-bond donors (Lipinski definition) is 2. The molecule has 3 fully saturated rings. The van der Waals surface area contributed by atoms with Crippen molar-refractivity contribution in [3.8, 4) is 0 Å². The number of Topliss-reactive ketones (excluding diaryl/α,β-unsaturated/α-hetero) is 1. The van der Waals surface area contributed by atoms with Gasteiger partial charge in [0, 0.05) is 5.41 Å². The molecule has 7 atom stereocenters. The summed E-state index contributed by atoms with van der Waals surface area (Å²) >= 11 is 0. The Morgan fingerprint density at radius 3 is 2.23 bits per heavy atom. The lowest BCUT2D eigenvalue weighted by Gasteiger charge is -2.56. The van der Waals surface area contributed by atoms with Gasteiger partial charge in [0.2, 0.25) is 0 Å². The fourth-order valence-corrected chi connectivity index (χ4v) is 7.85. The molecule has 0 saturated heterocycles. The van der Waals surface area contributed by atoms with Crippen LogP contribution >= 0.6 is 0 Å². The highest BCUT2D eigenvalue weighted by Gasteiger charge is 2.62. The third kappa shape index (κ3) is 3.77. The Balaban J connectivity index is 1.59. The lowest BCUT2D eigenvalue weighted by atomic mass is 9.48. The van der Waals surface area contributed by atoms with Crippen molar-refractivity contribution in [3.05, 3.63) is 11.6 Å². The standard InChI is InChI=1S/C19H28O9S2/c1-18-7-5-12(27-29(21,22)23)9-11(18)3-4-13-14(18)6-8-19(2)15(13)10-16(17(19)20)28-30(24,25)26/h3,12-16H,4-10H2,1-2H3,(H,21,22,23)(H,24,25,26)/t12-,13+,14-,15-,16+,18-,19-/m0/s1. The number of fused-ring (bicyclic) bond motifs is 5. The van der Waals surface area contributed by atoms with Crippen LogP contribution in [-0.4, -0.2) is 43.9 Å². The second-order valence-corrected chi connectivity index (χ2v) is 11.8. The van der Waals surface area contributed by atoms with E-state index >= 15 is 0 Å². The van der Waals surface area contributed by atoms with E-state index in [1.165, 1.54) is 0 Å². The Morgan fingerprint density at radius 1 is 0.967 bits per heavy atom. The summed E-state index contributed by atoms with van der Waals surface area (Å²) in [6.07, 6.45) is 4.44. The predicted molar refractivity (Wildman–Crippen MR) is 105 cm³/mol. The van der Waals surface area contributed by atoms with Crippen molar-refractivity contribution in [2.24, 2.45) is 28.6 Å². The third-order valence-electron chi connectivity index (χ3n) is 8.27. The lowest BCUT2D eigenvalue weighted by Crippen LogP contribution is -2.50. The molecule has 0 spiro atoms. The average Bonchev–Trinajstić information content (AvgIpc) is 2.84. The molecule has 0 unspecified atom stereocenters. The first-order valence-electron chi connectivity index (χ1n) is 10.3. The van der Waals surface area contributed by atoms with E-state index in [9.17, 15) is 21.6 Å². The molecule has 0 amide bonds. The van der Waals surface area contributed by atoms with Gasteiger partial charge in [-0.3, -0.25) is 13.9 Å².